The van der Waals surface area contributed by atoms with Gasteiger partial charge in [0.15, 0.2) is 0 Å². The zero-order valence-corrected chi connectivity index (χ0v) is 14.2. The summed E-state index contributed by atoms with van der Waals surface area (Å²) in [6.45, 7) is 7.16. The van der Waals surface area contributed by atoms with Crippen molar-refractivity contribution < 1.29 is 19.1 Å². The van der Waals surface area contributed by atoms with Crippen LogP contribution in [-0.2, 0) is 14.3 Å². The van der Waals surface area contributed by atoms with E-state index in [0.29, 0.717) is 11.3 Å². The Morgan fingerprint density at radius 3 is 2.43 bits per heavy atom. The molecule has 0 spiro atoms. The Hall–Kier alpha value is -2.37. The molecule has 0 saturated carbocycles. The molecule has 0 heterocycles. The van der Waals surface area contributed by atoms with Crippen LogP contribution < -0.4 is 10.6 Å². The van der Waals surface area contributed by atoms with Crippen LogP contribution in [0, 0.1) is 5.41 Å². The first-order valence-electron chi connectivity index (χ1n) is 7.42. The van der Waals surface area contributed by atoms with Crippen molar-refractivity contribution in [2.24, 2.45) is 5.41 Å². The highest BCUT2D eigenvalue weighted by atomic mass is 16.5. The van der Waals surface area contributed by atoms with Crippen molar-refractivity contribution in [2.75, 3.05) is 12.4 Å². The molecule has 1 unspecified atom stereocenters. The van der Waals surface area contributed by atoms with Crippen molar-refractivity contribution in [1.29, 1.82) is 0 Å². The second-order valence-corrected chi connectivity index (χ2v) is 6.44. The Morgan fingerprint density at radius 1 is 1.22 bits per heavy atom. The van der Waals surface area contributed by atoms with E-state index in [2.05, 4.69) is 15.4 Å². The standard InChI is InChI=1S/C17H24N2O4/c1-11(9-14(20)23-5)18-15(21)12-7-6-8-13(10-12)19-16(22)17(2,3)4/h6-8,10-11H,9H2,1-5H3,(H,18,21)(H,19,22). The molecule has 0 saturated heterocycles. The Morgan fingerprint density at radius 2 is 1.87 bits per heavy atom. The lowest BCUT2D eigenvalue weighted by molar-refractivity contribution is -0.141. The fraction of sp³-hybridized carbons (Fsp3) is 0.471. The summed E-state index contributed by atoms with van der Waals surface area (Å²) in [5.74, 6) is -0.827. The number of nitrogens with one attached hydrogen (secondary N) is 2. The monoisotopic (exact) mass is 320 g/mol. The fourth-order valence-corrected chi connectivity index (χ4v) is 1.75. The van der Waals surface area contributed by atoms with E-state index in [1.807, 2.05) is 20.8 Å². The van der Waals surface area contributed by atoms with Crippen LogP contribution in [0.3, 0.4) is 0 Å². The van der Waals surface area contributed by atoms with Gasteiger partial charge in [-0.15, -0.1) is 0 Å². The minimum Gasteiger partial charge on any atom is -0.469 e. The number of benzene rings is 1. The smallest absolute Gasteiger partial charge is 0.307 e. The van der Waals surface area contributed by atoms with Gasteiger partial charge in [0.05, 0.1) is 13.5 Å². The van der Waals surface area contributed by atoms with Crippen molar-refractivity contribution in [3.8, 4) is 0 Å². The highest BCUT2D eigenvalue weighted by Gasteiger charge is 2.21. The average Bonchev–Trinajstić information content (AvgIpc) is 2.46. The summed E-state index contributed by atoms with van der Waals surface area (Å²) in [6, 6.07) is 6.32. The molecule has 1 aromatic carbocycles. The molecule has 2 N–H and O–H groups in total. The minimum absolute atomic E-state index is 0.0999. The summed E-state index contributed by atoms with van der Waals surface area (Å²) < 4.78 is 4.57. The highest BCUT2D eigenvalue weighted by Crippen LogP contribution is 2.18. The molecule has 0 aliphatic rings. The maximum absolute atomic E-state index is 12.2. The first kappa shape index (κ1) is 18.7. The average molecular weight is 320 g/mol. The number of rotatable bonds is 5. The number of amides is 2. The van der Waals surface area contributed by atoms with Crippen LogP contribution in [-0.4, -0.2) is 30.9 Å². The topological polar surface area (TPSA) is 84.5 Å². The van der Waals surface area contributed by atoms with Crippen molar-refractivity contribution in [3.63, 3.8) is 0 Å². The van der Waals surface area contributed by atoms with Crippen LogP contribution in [0.4, 0.5) is 5.69 Å². The Kier molecular flexibility index (Phi) is 6.30. The van der Waals surface area contributed by atoms with E-state index < -0.39 is 5.41 Å². The number of methoxy groups -OCH3 is 1. The van der Waals surface area contributed by atoms with Gasteiger partial charge in [-0.3, -0.25) is 14.4 Å². The third kappa shape index (κ3) is 6.10. The molecule has 1 aromatic rings. The third-order valence-electron chi connectivity index (χ3n) is 3.14. The first-order chi connectivity index (χ1) is 10.6. The van der Waals surface area contributed by atoms with Crippen molar-refractivity contribution in [2.45, 2.75) is 40.2 Å². The normalized spacial score (nSPS) is 12.2. The molecular formula is C17H24N2O4. The van der Waals surface area contributed by atoms with E-state index in [4.69, 9.17) is 0 Å². The molecule has 23 heavy (non-hydrogen) atoms. The summed E-state index contributed by atoms with van der Waals surface area (Å²) in [7, 11) is 1.30. The van der Waals surface area contributed by atoms with E-state index >= 15 is 0 Å². The van der Waals surface area contributed by atoms with Crippen LogP contribution >= 0.6 is 0 Å². The highest BCUT2D eigenvalue weighted by molar-refractivity contribution is 5.98. The van der Waals surface area contributed by atoms with Gasteiger partial charge in [-0.25, -0.2) is 0 Å². The number of carbonyl (C=O) groups is 3. The summed E-state index contributed by atoms with van der Waals surface area (Å²) in [4.78, 5) is 35.4. The molecule has 0 radical (unpaired) electrons. The Balaban J connectivity index is 2.74. The second kappa shape index (κ2) is 7.76. The number of esters is 1. The van der Waals surface area contributed by atoms with Crippen LogP contribution in [0.15, 0.2) is 24.3 Å². The molecule has 0 aliphatic carbocycles. The van der Waals surface area contributed by atoms with Gasteiger partial charge in [0, 0.05) is 22.7 Å². The summed E-state index contributed by atoms with van der Waals surface area (Å²) >= 11 is 0. The summed E-state index contributed by atoms with van der Waals surface area (Å²) in [5.41, 5.74) is 0.444. The molecule has 6 heteroatoms. The maximum atomic E-state index is 12.2. The summed E-state index contributed by atoms with van der Waals surface area (Å²) in [6.07, 6.45) is 0.0999. The van der Waals surface area contributed by atoms with E-state index in [-0.39, 0.29) is 30.2 Å². The Labute approximate surface area is 136 Å². The molecule has 1 rings (SSSR count). The summed E-state index contributed by atoms with van der Waals surface area (Å²) in [5, 5.41) is 5.50. The third-order valence-corrected chi connectivity index (χ3v) is 3.14. The number of hydrogen-bond acceptors (Lipinski definition) is 4. The van der Waals surface area contributed by atoms with E-state index in [9.17, 15) is 14.4 Å². The van der Waals surface area contributed by atoms with Gasteiger partial charge in [-0.05, 0) is 25.1 Å². The maximum Gasteiger partial charge on any atom is 0.307 e. The lowest BCUT2D eigenvalue weighted by Gasteiger charge is -2.18. The van der Waals surface area contributed by atoms with Gasteiger partial charge in [-0.2, -0.15) is 0 Å². The predicted octanol–water partition coefficient (Wildman–Crippen LogP) is 2.35. The number of ether oxygens (including phenoxy) is 1. The Bertz CT molecular complexity index is 591. The predicted molar refractivity (Wildman–Crippen MR) is 88.1 cm³/mol. The first-order valence-corrected chi connectivity index (χ1v) is 7.42. The SMILES string of the molecule is COC(=O)CC(C)NC(=O)c1cccc(NC(=O)C(C)(C)C)c1. The van der Waals surface area contributed by atoms with Crippen LogP contribution in [0.2, 0.25) is 0 Å². The number of hydrogen-bond donors (Lipinski definition) is 2. The minimum atomic E-state index is -0.521. The van der Waals surface area contributed by atoms with Crippen LogP contribution in [0.1, 0.15) is 44.5 Å². The van der Waals surface area contributed by atoms with Gasteiger partial charge < -0.3 is 15.4 Å². The van der Waals surface area contributed by atoms with Gasteiger partial charge in [0.25, 0.3) is 5.91 Å². The number of anilines is 1. The molecule has 126 valence electrons. The van der Waals surface area contributed by atoms with Gasteiger partial charge in [0.1, 0.15) is 0 Å². The van der Waals surface area contributed by atoms with Crippen LogP contribution in [0.5, 0.6) is 0 Å². The second-order valence-electron chi connectivity index (χ2n) is 6.44. The molecule has 6 nitrogen and oxygen atoms in total. The van der Waals surface area contributed by atoms with E-state index in [0.717, 1.165) is 0 Å². The van der Waals surface area contributed by atoms with Gasteiger partial charge in [0.2, 0.25) is 5.91 Å². The van der Waals surface area contributed by atoms with Gasteiger partial charge in [-0.1, -0.05) is 26.8 Å². The fourth-order valence-electron chi connectivity index (χ4n) is 1.75. The zero-order chi connectivity index (χ0) is 17.6. The molecular weight excluding hydrogens is 296 g/mol. The molecule has 1 atom stereocenters. The zero-order valence-electron chi connectivity index (χ0n) is 14.2. The van der Waals surface area contributed by atoms with Crippen molar-refractivity contribution in [3.05, 3.63) is 29.8 Å². The largest absolute Gasteiger partial charge is 0.469 e. The van der Waals surface area contributed by atoms with E-state index in [1.165, 1.54) is 7.11 Å². The van der Waals surface area contributed by atoms with Crippen LogP contribution in [0.25, 0.3) is 0 Å². The molecule has 0 bridgehead atoms. The quantitative estimate of drug-likeness (QED) is 0.816. The lowest BCUT2D eigenvalue weighted by Crippen LogP contribution is -2.34. The van der Waals surface area contributed by atoms with Crippen molar-refractivity contribution >= 4 is 23.5 Å². The molecule has 2 amide bonds. The van der Waals surface area contributed by atoms with E-state index in [1.54, 1.807) is 31.2 Å². The molecule has 0 fully saturated rings. The molecule has 0 aromatic heterocycles. The molecule has 0 aliphatic heterocycles. The van der Waals surface area contributed by atoms with Gasteiger partial charge >= 0.3 is 5.97 Å². The number of carbonyl (C=O) groups excluding carboxylic acids is 3. The lowest BCUT2D eigenvalue weighted by atomic mass is 9.95. The van der Waals surface area contributed by atoms with Crippen molar-refractivity contribution in [1.82, 2.24) is 5.32 Å².